The van der Waals surface area contributed by atoms with Crippen LogP contribution in [-0.4, -0.2) is 44.6 Å². The number of halogens is 1. The van der Waals surface area contributed by atoms with Crippen molar-refractivity contribution >= 4 is 17.3 Å². The van der Waals surface area contributed by atoms with Crippen molar-refractivity contribution in [2.24, 2.45) is 5.92 Å². The predicted octanol–water partition coefficient (Wildman–Crippen LogP) is 4.80. The third-order valence-electron chi connectivity index (χ3n) is 7.25. The number of aryl methyl sites for hydroxylation is 1. The van der Waals surface area contributed by atoms with Crippen molar-refractivity contribution in [3.8, 4) is 5.75 Å². The second-order valence-electron chi connectivity index (χ2n) is 9.79. The summed E-state index contributed by atoms with van der Waals surface area (Å²) >= 11 is 6.38. The lowest BCUT2D eigenvalue weighted by Crippen LogP contribution is -2.45. The highest BCUT2D eigenvalue weighted by molar-refractivity contribution is 6.30. The summed E-state index contributed by atoms with van der Waals surface area (Å²) in [6.07, 6.45) is 14.0. The normalized spacial score (nSPS) is 27.5. The Morgan fingerprint density at radius 2 is 2.00 bits per heavy atom. The van der Waals surface area contributed by atoms with Crippen LogP contribution in [0.4, 0.5) is 0 Å². The molecule has 1 aromatic carbocycles. The zero-order valence-corrected chi connectivity index (χ0v) is 18.9. The molecule has 2 aromatic rings. The van der Waals surface area contributed by atoms with E-state index in [4.69, 9.17) is 16.3 Å². The maximum absolute atomic E-state index is 6.38. The average molecular weight is 435 g/mol. The van der Waals surface area contributed by atoms with Crippen LogP contribution < -0.4 is 4.74 Å². The van der Waals surface area contributed by atoms with E-state index in [9.17, 15) is 0 Å². The minimum Gasteiger partial charge on any atom is -0.487 e. The van der Waals surface area contributed by atoms with Gasteiger partial charge in [-0.15, -0.1) is 0 Å². The molecule has 31 heavy (non-hydrogen) atoms. The molecule has 0 radical (unpaired) electrons. The summed E-state index contributed by atoms with van der Waals surface area (Å²) in [6, 6.07) is 6.10. The second-order valence-corrected chi connectivity index (χ2v) is 10.2. The molecule has 4 aliphatic rings. The molecule has 0 bridgehead atoms. The fourth-order valence-corrected chi connectivity index (χ4v) is 5.83. The average Bonchev–Trinajstić information content (AvgIpc) is 3.34. The monoisotopic (exact) mass is 434 g/mol. The fraction of sp³-hybridized carbons (Fsp3) is 0.400. The van der Waals surface area contributed by atoms with E-state index < -0.39 is 0 Å². The highest BCUT2D eigenvalue weighted by Crippen LogP contribution is 2.65. The number of hydrogen-bond donors (Lipinski definition) is 0. The number of ether oxygens (including phenoxy) is 1. The Balaban J connectivity index is 1.27. The molecule has 1 aromatic heterocycles. The minimum absolute atomic E-state index is 0.120. The lowest BCUT2D eigenvalue weighted by Gasteiger charge is -2.41. The van der Waals surface area contributed by atoms with Gasteiger partial charge in [0.15, 0.2) is 0 Å². The van der Waals surface area contributed by atoms with E-state index >= 15 is 0 Å². The maximum atomic E-state index is 6.38. The first-order chi connectivity index (χ1) is 14.8. The molecule has 0 amide bonds. The molecule has 0 N–H and O–H groups in total. The quantitative estimate of drug-likeness (QED) is 0.694. The molecule has 1 fully saturated rings. The number of hydrogen-bond acceptors (Lipinski definition) is 4. The van der Waals surface area contributed by atoms with Gasteiger partial charge in [0.2, 0.25) is 0 Å². The lowest BCUT2D eigenvalue weighted by molar-refractivity contribution is 0.0552. The van der Waals surface area contributed by atoms with Crippen LogP contribution in [0.2, 0.25) is 5.02 Å². The third kappa shape index (κ3) is 3.01. The van der Waals surface area contributed by atoms with Gasteiger partial charge in [-0.3, -0.25) is 0 Å². The molecule has 3 aliphatic heterocycles. The van der Waals surface area contributed by atoms with Crippen molar-refractivity contribution in [1.29, 1.82) is 0 Å². The van der Waals surface area contributed by atoms with Crippen LogP contribution in [0.25, 0.3) is 5.70 Å². The van der Waals surface area contributed by atoms with Crippen LogP contribution in [0.15, 0.2) is 61.0 Å². The van der Waals surface area contributed by atoms with Crippen molar-refractivity contribution in [3.63, 3.8) is 0 Å². The molecule has 2 atom stereocenters. The first-order valence-corrected chi connectivity index (χ1v) is 11.3. The summed E-state index contributed by atoms with van der Waals surface area (Å²) in [7, 11) is 0. The molecule has 160 valence electrons. The standard InChI is InChI=1S/C25H27ClN4O/c1-17-12-30(16-27-17)20-6-5-19-13-28(8-9-29(19)14-20)15-25-11-23(25)24(2,3)31-22-7-4-18(26)10-21(22)25/h4-7,10,12-14,16,23H,8-9,11,15H2,1-3H3/t23-,25-/m0/s1. The molecule has 6 heteroatoms. The zero-order chi connectivity index (χ0) is 21.4. The van der Waals surface area contributed by atoms with Gasteiger partial charge < -0.3 is 19.1 Å². The molecule has 1 saturated carbocycles. The van der Waals surface area contributed by atoms with Crippen LogP contribution in [0.1, 0.15) is 31.5 Å². The number of allylic oxidation sites excluding steroid dienone is 3. The largest absolute Gasteiger partial charge is 0.487 e. The number of nitrogens with zero attached hydrogens (tertiary/aromatic N) is 4. The van der Waals surface area contributed by atoms with Crippen LogP contribution in [-0.2, 0) is 5.41 Å². The SMILES string of the molecule is Cc1cn(C2=CN3CCN(C[C@]45C[C@H]4C(C)(C)Oc4ccc(Cl)cc45)C=C3C=C2)cn1. The van der Waals surface area contributed by atoms with E-state index in [0.717, 1.165) is 48.2 Å². The number of rotatable bonds is 3. The molecule has 6 rings (SSSR count). The minimum atomic E-state index is -0.152. The third-order valence-corrected chi connectivity index (χ3v) is 7.48. The van der Waals surface area contributed by atoms with Crippen molar-refractivity contribution in [3.05, 3.63) is 77.3 Å². The Morgan fingerprint density at radius 1 is 1.16 bits per heavy atom. The molecule has 0 spiro atoms. The van der Waals surface area contributed by atoms with Gasteiger partial charge in [0.05, 0.1) is 23.4 Å². The van der Waals surface area contributed by atoms with Crippen LogP contribution in [0.5, 0.6) is 5.75 Å². The topological polar surface area (TPSA) is 33.5 Å². The molecular formula is C25H27ClN4O. The van der Waals surface area contributed by atoms with Gasteiger partial charge in [0.1, 0.15) is 11.4 Å². The van der Waals surface area contributed by atoms with Gasteiger partial charge in [0.25, 0.3) is 0 Å². The molecule has 4 heterocycles. The van der Waals surface area contributed by atoms with E-state index in [1.54, 1.807) is 0 Å². The Hall–Kier alpha value is -2.66. The smallest absolute Gasteiger partial charge is 0.124 e. The van der Waals surface area contributed by atoms with Gasteiger partial charge in [-0.25, -0.2) is 4.98 Å². The number of benzene rings is 1. The number of imidazole rings is 1. The van der Waals surface area contributed by atoms with Gasteiger partial charge in [-0.2, -0.15) is 0 Å². The molecule has 5 nitrogen and oxygen atoms in total. The van der Waals surface area contributed by atoms with Gasteiger partial charge in [-0.1, -0.05) is 11.6 Å². The molecule has 1 aliphatic carbocycles. The van der Waals surface area contributed by atoms with Crippen LogP contribution >= 0.6 is 11.6 Å². The Morgan fingerprint density at radius 3 is 2.81 bits per heavy atom. The molecule has 0 unspecified atom stereocenters. The summed E-state index contributed by atoms with van der Waals surface area (Å²) in [4.78, 5) is 9.17. The van der Waals surface area contributed by atoms with Gasteiger partial charge in [-0.05, 0) is 57.5 Å². The first kappa shape index (κ1) is 19.1. The summed E-state index contributed by atoms with van der Waals surface area (Å²) < 4.78 is 8.43. The highest BCUT2D eigenvalue weighted by atomic mass is 35.5. The summed E-state index contributed by atoms with van der Waals surface area (Å²) in [5.41, 5.74) is 4.65. The first-order valence-electron chi connectivity index (χ1n) is 11.0. The predicted molar refractivity (Wildman–Crippen MR) is 123 cm³/mol. The van der Waals surface area contributed by atoms with Crippen molar-refractivity contribution in [2.45, 2.75) is 38.2 Å². The Labute approximate surface area is 188 Å². The zero-order valence-electron chi connectivity index (χ0n) is 18.2. The van der Waals surface area contributed by atoms with Crippen molar-refractivity contribution < 1.29 is 4.74 Å². The Kier molecular flexibility index (Phi) is 3.95. The van der Waals surface area contributed by atoms with E-state index in [-0.39, 0.29) is 11.0 Å². The lowest BCUT2D eigenvalue weighted by atomic mass is 9.83. The summed E-state index contributed by atoms with van der Waals surface area (Å²) in [6.45, 7) is 9.43. The van der Waals surface area contributed by atoms with Crippen molar-refractivity contribution in [1.82, 2.24) is 19.4 Å². The van der Waals surface area contributed by atoms with E-state index in [1.807, 2.05) is 25.4 Å². The van der Waals surface area contributed by atoms with E-state index in [0.29, 0.717) is 5.92 Å². The van der Waals surface area contributed by atoms with E-state index in [2.05, 4.69) is 70.0 Å². The number of fused-ring (bicyclic) bond motifs is 4. The Bertz CT molecular complexity index is 1160. The van der Waals surface area contributed by atoms with E-state index in [1.165, 1.54) is 11.3 Å². The highest BCUT2D eigenvalue weighted by Gasteiger charge is 2.66. The van der Waals surface area contributed by atoms with Crippen LogP contribution in [0, 0.1) is 12.8 Å². The van der Waals surface area contributed by atoms with Gasteiger partial charge >= 0.3 is 0 Å². The fourth-order valence-electron chi connectivity index (χ4n) is 5.65. The maximum Gasteiger partial charge on any atom is 0.124 e. The second kappa shape index (κ2) is 6.42. The van der Waals surface area contributed by atoms with Gasteiger partial charge in [0, 0.05) is 60.2 Å². The summed E-state index contributed by atoms with van der Waals surface area (Å²) in [5, 5.41) is 0.790. The van der Waals surface area contributed by atoms with Crippen LogP contribution in [0.3, 0.4) is 0 Å². The summed E-state index contributed by atoms with van der Waals surface area (Å²) in [5.74, 6) is 1.51. The molecular weight excluding hydrogens is 408 g/mol. The molecule has 0 saturated heterocycles. The number of aromatic nitrogens is 2. The van der Waals surface area contributed by atoms with Crippen molar-refractivity contribution in [2.75, 3.05) is 19.6 Å².